The van der Waals surface area contributed by atoms with Gasteiger partial charge < -0.3 is 16.2 Å². The normalized spacial score (nSPS) is 23.9. The molecule has 1 heterocycles. The van der Waals surface area contributed by atoms with Gasteiger partial charge in [-0.05, 0) is 31.4 Å². The van der Waals surface area contributed by atoms with Crippen LogP contribution in [-0.2, 0) is 9.59 Å². The van der Waals surface area contributed by atoms with E-state index in [1.54, 1.807) is 0 Å². The molecule has 0 spiro atoms. The number of nitrogens with one attached hydrogen (secondary N) is 1. The molecular weight excluding hydrogens is 234 g/mol. The van der Waals surface area contributed by atoms with E-state index in [1.165, 1.54) is 0 Å². The molecule has 102 valence electrons. The lowest BCUT2D eigenvalue weighted by atomic mass is 10.0. The van der Waals surface area contributed by atoms with E-state index in [1.807, 2.05) is 6.21 Å². The maximum absolute atomic E-state index is 11.5. The monoisotopic (exact) mass is 255 g/mol. The van der Waals surface area contributed by atoms with Crippen LogP contribution in [0.1, 0.15) is 32.6 Å². The maximum atomic E-state index is 11.5. The SMILES string of the molecule is C[C@@H]1CC=N[C@H]1CNC(=O)CCC[C@H](N)C(=O)O. The Balaban J connectivity index is 2.10. The number of rotatable bonds is 7. The first-order valence-corrected chi connectivity index (χ1v) is 6.27. The van der Waals surface area contributed by atoms with Crippen molar-refractivity contribution in [3.05, 3.63) is 0 Å². The highest BCUT2D eigenvalue weighted by atomic mass is 16.4. The summed E-state index contributed by atoms with van der Waals surface area (Å²) in [5.41, 5.74) is 5.34. The van der Waals surface area contributed by atoms with Crippen molar-refractivity contribution in [1.29, 1.82) is 0 Å². The summed E-state index contributed by atoms with van der Waals surface area (Å²) in [7, 11) is 0. The Labute approximate surface area is 107 Å². The van der Waals surface area contributed by atoms with Gasteiger partial charge in [0.05, 0.1) is 6.04 Å². The number of hydrogen-bond acceptors (Lipinski definition) is 4. The van der Waals surface area contributed by atoms with Gasteiger partial charge in [0.2, 0.25) is 5.91 Å². The lowest BCUT2D eigenvalue weighted by molar-refractivity contribution is -0.138. The van der Waals surface area contributed by atoms with Gasteiger partial charge >= 0.3 is 5.97 Å². The van der Waals surface area contributed by atoms with Gasteiger partial charge in [-0.1, -0.05) is 6.92 Å². The average molecular weight is 255 g/mol. The average Bonchev–Trinajstić information content (AvgIpc) is 2.72. The summed E-state index contributed by atoms with van der Waals surface area (Å²) in [6.07, 6.45) is 3.98. The second-order valence-corrected chi connectivity index (χ2v) is 4.75. The minimum absolute atomic E-state index is 0.0677. The largest absolute Gasteiger partial charge is 0.480 e. The number of nitrogens with zero attached hydrogens (tertiary/aromatic N) is 1. The van der Waals surface area contributed by atoms with Crippen molar-refractivity contribution in [3.8, 4) is 0 Å². The molecule has 4 N–H and O–H groups in total. The van der Waals surface area contributed by atoms with Crippen LogP contribution in [0.5, 0.6) is 0 Å². The van der Waals surface area contributed by atoms with E-state index < -0.39 is 12.0 Å². The highest BCUT2D eigenvalue weighted by molar-refractivity contribution is 5.76. The number of hydrogen-bond donors (Lipinski definition) is 3. The quantitative estimate of drug-likeness (QED) is 0.602. The molecule has 6 nitrogen and oxygen atoms in total. The van der Waals surface area contributed by atoms with Gasteiger partial charge in [-0.15, -0.1) is 0 Å². The molecule has 0 saturated carbocycles. The first kappa shape index (κ1) is 14.6. The van der Waals surface area contributed by atoms with Gasteiger partial charge in [-0.2, -0.15) is 0 Å². The minimum Gasteiger partial charge on any atom is -0.480 e. The van der Waals surface area contributed by atoms with Crippen LogP contribution in [0.4, 0.5) is 0 Å². The van der Waals surface area contributed by atoms with Crippen LogP contribution >= 0.6 is 0 Å². The first-order chi connectivity index (χ1) is 8.50. The number of aliphatic carboxylic acids is 1. The number of amides is 1. The maximum Gasteiger partial charge on any atom is 0.320 e. The summed E-state index contributed by atoms with van der Waals surface area (Å²) in [5.74, 6) is -0.614. The summed E-state index contributed by atoms with van der Waals surface area (Å²) >= 11 is 0. The Hall–Kier alpha value is -1.43. The van der Waals surface area contributed by atoms with Crippen LogP contribution in [0.25, 0.3) is 0 Å². The van der Waals surface area contributed by atoms with Crippen molar-refractivity contribution < 1.29 is 14.7 Å². The second kappa shape index (κ2) is 7.10. The van der Waals surface area contributed by atoms with E-state index in [0.29, 0.717) is 31.7 Å². The molecule has 3 atom stereocenters. The third-order valence-electron chi connectivity index (χ3n) is 3.18. The fourth-order valence-electron chi connectivity index (χ4n) is 1.83. The molecule has 0 saturated heterocycles. The molecule has 0 aromatic rings. The molecule has 6 heteroatoms. The van der Waals surface area contributed by atoms with Gasteiger partial charge in [-0.3, -0.25) is 14.6 Å². The Morgan fingerprint density at radius 1 is 1.61 bits per heavy atom. The topological polar surface area (TPSA) is 105 Å². The number of carbonyl (C=O) groups excluding carboxylic acids is 1. The number of nitrogens with two attached hydrogens (primary N) is 1. The third-order valence-corrected chi connectivity index (χ3v) is 3.18. The van der Waals surface area contributed by atoms with Crippen LogP contribution in [0, 0.1) is 5.92 Å². The third kappa shape index (κ3) is 4.83. The fourth-order valence-corrected chi connectivity index (χ4v) is 1.83. The van der Waals surface area contributed by atoms with Gasteiger partial charge in [0.25, 0.3) is 0 Å². The molecular formula is C12H21N3O3. The highest BCUT2D eigenvalue weighted by Crippen LogP contribution is 2.15. The summed E-state index contributed by atoms with van der Waals surface area (Å²) < 4.78 is 0. The number of carboxylic acids is 1. The van der Waals surface area contributed by atoms with Crippen molar-refractivity contribution in [2.24, 2.45) is 16.6 Å². The Morgan fingerprint density at radius 3 is 2.89 bits per heavy atom. The van der Waals surface area contributed by atoms with Gasteiger partial charge in [0.1, 0.15) is 6.04 Å². The molecule has 0 bridgehead atoms. The molecule has 0 aromatic carbocycles. The van der Waals surface area contributed by atoms with E-state index in [9.17, 15) is 9.59 Å². The Morgan fingerprint density at radius 2 is 2.33 bits per heavy atom. The zero-order valence-corrected chi connectivity index (χ0v) is 10.6. The lowest BCUT2D eigenvalue weighted by Gasteiger charge is -2.14. The Bertz CT molecular complexity index is 331. The predicted octanol–water partition coefficient (Wildman–Crippen LogP) is 0.164. The molecule has 1 aliphatic rings. The summed E-state index contributed by atoms with van der Waals surface area (Å²) in [4.78, 5) is 26.3. The smallest absolute Gasteiger partial charge is 0.320 e. The van der Waals surface area contributed by atoms with Crippen LogP contribution < -0.4 is 11.1 Å². The number of carboxylic acid groups (broad SMARTS) is 1. The lowest BCUT2D eigenvalue weighted by Crippen LogP contribution is -2.34. The number of carbonyl (C=O) groups is 2. The van der Waals surface area contributed by atoms with Crippen molar-refractivity contribution in [2.75, 3.05) is 6.54 Å². The molecule has 0 unspecified atom stereocenters. The van der Waals surface area contributed by atoms with Crippen LogP contribution in [0.15, 0.2) is 4.99 Å². The molecule has 0 radical (unpaired) electrons. The molecule has 18 heavy (non-hydrogen) atoms. The van der Waals surface area contributed by atoms with Crippen LogP contribution in [-0.4, -0.2) is 41.8 Å². The van der Waals surface area contributed by atoms with Gasteiger partial charge in [-0.25, -0.2) is 0 Å². The zero-order valence-electron chi connectivity index (χ0n) is 10.6. The second-order valence-electron chi connectivity index (χ2n) is 4.75. The first-order valence-electron chi connectivity index (χ1n) is 6.27. The van der Waals surface area contributed by atoms with Crippen molar-refractivity contribution >= 4 is 18.1 Å². The zero-order chi connectivity index (χ0) is 13.5. The molecule has 0 aromatic heterocycles. The fraction of sp³-hybridized carbons (Fsp3) is 0.750. The van der Waals surface area contributed by atoms with E-state index >= 15 is 0 Å². The van der Waals surface area contributed by atoms with Gasteiger partial charge in [0, 0.05) is 13.0 Å². The molecule has 1 aliphatic heterocycles. The van der Waals surface area contributed by atoms with Crippen molar-refractivity contribution in [1.82, 2.24) is 5.32 Å². The summed E-state index contributed by atoms with van der Waals surface area (Å²) in [5, 5.41) is 11.4. The van der Waals surface area contributed by atoms with Crippen LogP contribution in [0.2, 0.25) is 0 Å². The van der Waals surface area contributed by atoms with E-state index in [4.69, 9.17) is 10.8 Å². The predicted molar refractivity (Wildman–Crippen MR) is 68.5 cm³/mol. The summed E-state index contributed by atoms with van der Waals surface area (Å²) in [6.45, 7) is 2.66. The highest BCUT2D eigenvalue weighted by Gasteiger charge is 2.20. The summed E-state index contributed by atoms with van der Waals surface area (Å²) in [6, 6.07) is -0.701. The number of aliphatic imine (C=N–C) groups is 1. The molecule has 0 aliphatic carbocycles. The molecule has 1 rings (SSSR count). The van der Waals surface area contributed by atoms with Crippen LogP contribution in [0.3, 0.4) is 0 Å². The van der Waals surface area contributed by atoms with Crippen molar-refractivity contribution in [3.63, 3.8) is 0 Å². The van der Waals surface area contributed by atoms with Crippen molar-refractivity contribution in [2.45, 2.75) is 44.7 Å². The van der Waals surface area contributed by atoms with E-state index in [2.05, 4.69) is 17.2 Å². The standard InChI is InChI=1S/C12H21N3O3/c1-8-5-6-14-10(8)7-15-11(16)4-2-3-9(13)12(17)18/h6,8-10H,2-5,7,13H2,1H3,(H,15,16)(H,17,18)/t8-,9+,10+/m1/s1. The van der Waals surface area contributed by atoms with Gasteiger partial charge in [0.15, 0.2) is 0 Å². The minimum atomic E-state index is -1.02. The molecule has 1 amide bonds. The Kier molecular flexibility index (Phi) is 5.77. The molecule has 0 fully saturated rings. The van der Waals surface area contributed by atoms with E-state index in [0.717, 1.165) is 6.42 Å². The van der Waals surface area contributed by atoms with E-state index in [-0.39, 0.29) is 11.9 Å².